The number of nitrogens with one attached hydrogen (secondary N) is 1. The second kappa shape index (κ2) is 6.65. The number of thioether (sulfide) groups is 1. The Morgan fingerprint density at radius 1 is 1.17 bits per heavy atom. The fourth-order valence-corrected chi connectivity index (χ4v) is 3.44. The first-order valence-electron chi connectivity index (χ1n) is 7.75. The van der Waals surface area contributed by atoms with Gasteiger partial charge in [0.15, 0.2) is 10.9 Å². The molecular weight excluding hydrogens is 320 g/mol. The third-order valence-electron chi connectivity index (χ3n) is 4.21. The van der Waals surface area contributed by atoms with Crippen LogP contribution in [0.1, 0.15) is 32.9 Å². The van der Waals surface area contributed by atoms with Crippen molar-refractivity contribution in [1.82, 2.24) is 19.7 Å². The quantitative estimate of drug-likeness (QED) is 0.567. The lowest BCUT2D eigenvalue weighted by Crippen LogP contribution is -2.06. The number of carbonyl (C=O) groups is 1. The van der Waals surface area contributed by atoms with Crippen molar-refractivity contribution in [3.05, 3.63) is 58.7 Å². The maximum absolute atomic E-state index is 12.6. The number of rotatable bonds is 5. The van der Waals surface area contributed by atoms with E-state index in [1.807, 2.05) is 19.9 Å². The topological polar surface area (TPSA) is 63.6 Å². The average molecular weight is 340 g/mol. The number of aromatic nitrogens is 4. The van der Waals surface area contributed by atoms with Crippen molar-refractivity contribution in [3.63, 3.8) is 0 Å². The first-order valence-corrected chi connectivity index (χ1v) is 8.74. The fraction of sp³-hybridized carbons (Fsp3) is 0.278. The normalized spacial score (nSPS) is 11.0. The van der Waals surface area contributed by atoms with Gasteiger partial charge in [-0.05, 0) is 57.0 Å². The van der Waals surface area contributed by atoms with E-state index >= 15 is 0 Å². The molecule has 0 radical (unpaired) electrons. The van der Waals surface area contributed by atoms with Crippen LogP contribution < -0.4 is 0 Å². The van der Waals surface area contributed by atoms with Gasteiger partial charge in [0.25, 0.3) is 0 Å². The summed E-state index contributed by atoms with van der Waals surface area (Å²) in [5, 5.41) is 7.21. The zero-order valence-corrected chi connectivity index (χ0v) is 15.1. The lowest BCUT2D eigenvalue weighted by molar-refractivity contribution is 0.102. The first-order chi connectivity index (χ1) is 11.5. The van der Waals surface area contributed by atoms with Crippen molar-refractivity contribution in [2.24, 2.45) is 0 Å². The van der Waals surface area contributed by atoms with Crippen molar-refractivity contribution in [2.75, 3.05) is 5.75 Å². The SMILES string of the molecule is Cc1ccc(-n2c(C)cc(C(=O)CSc3ncn[nH]3)c2C)cc1C. The minimum absolute atomic E-state index is 0.0968. The molecule has 2 heterocycles. The highest BCUT2D eigenvalue weighted by molar-refractivity contribution is 7.99. The molecule has 3 aromatic rings. The van der Waals surface area contributed by atoms with Crippen LogP contribution in [0.5, 0.6) is 0 Å². The Kier molecular flexibility index (Phi) is 4.57. The van der Waals surface area contributed by atoms with E-state index in [9.17, 15) is 4.79 Å². The van der Waals surface area contributed by atoms with Crippen LogP contribution in [0.2, 0.25) is 0 Å². The van der Waals surface area contributed by atoms with Crippen molar-refractivity contribution < 1.29 is 4.79 Å². The van der Waals surface area contributed by atoms with Crippen molar-refractivity contribution in [2.45, 2.75) is 32.9 Å². The van der Waals surface area contributed by atoms with Crippen LogP contribution in [0.3, 0.4) is 0 Å². The molecule has 0 fully saturated rings. The van der Waals surface area contributed by atoms with E-state index in [0.717, 1.165) is 22.6 Å². The average Bonchev–Trinajstić information content (AvgIpc) is 3.16. The number of carbonyl (C=O) groups excluding carboxylic acids is 1. The van der Waals surface area contributed by atoms with Crippen LogP contribution in [0.4, 0.5) is 0 Å². The van der Waals surface area contributed by atoms with Crippen LogP contribution in [-0.4, -0.2) is 31.3 Å². The summed E-state index contributed by atoms with van der Waals surface area (Å²) in [5.74, 6) is 0.437. The lowest BCUT2D eigenvalue weighted by atomic mass is 10.1. The van der Waals surface area contributed by atoms with Crippen LogP contribution >= 0.6 is 11.8 Å². The summed E-state index contributed by atoms with van der Waals surface area (Å²) in [6, 6.07) is 8.34. The maximum Gasteiger partial charge on any atom is 0.183 e. The largest absolute Gasteiger partial charge is 0.318 e. The van der Waals surface area contributed by atoms with E-state index < -0.39 is 0 Å². The first kappa shape index (κ1) is 16.5. The molecule has 0 amide bonds. The second-order valence-corrected chi connectivity index (χ2v) is 6.86. The van der Waals surface area contributed by atoms with Crippen molar-refractivity contribution in [3.8, 4) is 5.69 Å². The number of aromatic amines is 1. The van der Waals surface area contributed by atoms with Crippen molar-refractivity contribution in [1.29, 1.82) is 0 Å². The van der Waals surface area contributed by atoms with Gasteiger partial charge >= 0.3 is 0 Å². The van der Waals surface area contributed by atoms with E-state index in [-0.39, 0.29) is 5.78 Å². The van der Waals surface area contributed by atoms with Crippen LogP contribution in [-0.2, 0) is 0 Å². The van der Waals surface area contributed by atoms with Gasteiger partial charge in [-0.3, -0.25) is 9.89 Å². The zero-order valence-electron chi connectivity index (χ0n) is 14.3. The number of aryl methyl sites for hydroxylation is 3. The molecule has 5 nitrogen and oxygen atoms in total. The second-order valence-electron chi connectivity index (χ2n) is 5.89. The molecule has 0 atom stereocenters. The smallest absolute Gasteiger partial charge is 0.183 e. The van der Waals surface area contributed by atoms with Gasteiger partial charge in [0.2, 0.25) is 0 Å². The molecule has 124 valence electrons. The summed E-state index contributed by atoms with van der Waals surface area (Å²) >= 11 is 1.37. The Hall–Kier alpha value is -2.34. The van der Waals surface area contributed by atoms with E-state index in [1.165, 1.54) is 29.2 Å². The van der Waals surface area contributed by atoms with Gasteiger partial charge in [-0.1, -0.05) is 17.8 Å². The zero-order chi connectivity index (χ0) is 17.3. The summed E-state index contributed by atoms with van der Waals surface area (Å²) in [6.07, 6.45) is 1.44. The number of hydrogen-bond acceptors (Lipinski definition) is 4. The lowest BCUT2D eigenvalue weighted by Gasteiger charge is -2.12. The molecule has 0 aliphatic rings. The van der Waals surface area contributed by atoms with E-state index in [2.05, 4.69) is 51.8 Å². The Labute approximate surface area is 145 Å². The Balaban J connectivity index is 1.88. The number of Topliss-reactive ketones (excluding diaryl/α,β-unsaturated/α-hetero) is 1. The molecule has 0 aliphatic carbocycles. The summed E-state index contributed by atoms with van der Waals surface area (Å²) in [4.78, 5) is 16.6. The fourth-order valence-electron chi connectivity index (χ4n) is 2.78. The Morgan fingerprint density at radius 3 is 2.62 bits per heavy atom. The van der Waals surface area contributed by atoms with E-state index in [1.54, 1.807) is 0 Å². The predicted molar refractivity (Wildman–Crippen MR) is 96.2 cm³/mol. The molecule has 0 unspecified atom stereocenters. The molecule has 0 aliphatic heterocycles. The predicted octanol–water partition coefficient (Wildman–Crippen LogP) is 3.80. The molecule has 0 spiro atoms. The van der Waals surface area contributed by atoms with Crippen LogP contribution in [0.25, 0.3) is 5.69 Å². The molecule has 1 N–H and O–H groups in total. The van der Waals surface area contributed by atoms with Crippen molar-refractivity contribution >= 4 is 17.5 Å². The summed E-state index contributed by atoms with van der Waals surface area (Å²) < 4.78 is 2.14. The monoisotopic (exact) mass is 340 g/mol. The van der Waals surface area contributed by atoms with E-state index in [0.29, 0.717) is 10.9 Å². The molecule has 0 saturated heterocycles. The van der Waals surface area contributed by atoms with Gasteiger partial charge in [0.1, 0.15) is 6.33 Å². The minimum Gasteiger partial charge on any atom is -0.318 e. The highest BCUT2D eigenvalue weighted by Crippen LogP contribution is 2.24. The summed E-state index contributed by atoms with van der Waals surface area (Å²) in [5.41, 5.74) is 6.39. The number of ketones is 1. The molecular formula is C18H20N4OS. The Bertz CT molecular complexity index is 881. The maximum atomic E-state index is 12.6. The molecule has 3 rings (SSSR count). The van der Waals surface area contributed by atoms with Gasteiger partial charge < -0.3 is 4.57 Å². The molecule has 24 heavy (non-hydrogen) atoms. The molecule has 0 bridgehead atoms. The highest BCUT2D eigenvalue weighted by Gasteiger charge is 2.17. The summed E-state index contributed by atoms with van der Waals surface area (Å²) in [6.45, 7) is 8.23. The molecule has 2 aromatic heterocycles. The number of H-pyrrole nitrogens is 1. The summed E-state index contributed by atoms with van der Waals surface area (Å²) in [7, 11) is 0. The van der Waals surface area contributed by atoms with Gasteiger partial charge in [-0.2, -0.15) is 5.10 Å². The van der Waals surface area contributed by atoms with Gasteiger partial charge in [0, 0.05) is 22.6 Å². The van der Waals surface area contributed by atoms with Gasteiger partial charge in [0.05, 0.1) is 5.75 Å². The standard InChI is InChI=1S/C18H20N4OS/c1-11-5-6-15(7-12(11)2)22-13(3)8-16(14(22)4)17(23)9-24-18-19-10-20-21-18/h5-8,10H,9H2,1-4H3,(H,19,20,21). The molecule has 6 heteroatoms. The molecule has 1 aromatic carbocycles. The van der Waals surface area contributed by atoms with Gasteiger partial charge in [-0.25, -0.2) is 4.98 Å². The minimum atomic E-state index is 0.0968. The van der Waals surface area contributed by atoms with E-state index in [4.69, 9.17) is 0 Å². The number of benzene rings is 1. The number of hydrogen-bond donors (Lipinski definition) is 1. The third-order valence-corrected chi connectivity index (χ3v) is 5.09. The van der Waals surface area contributed by atoms with Crippen LogP contribution in [0, 0.1) is 27.7 Å². The number of nitrogens with zero attached hydrogens (tertiary/aromatic N) is 3. The third kappa shape index (κ3) is 3.14. The van der Waals surface area contributed by atoms with Gasteiger partial charge in [-0.15, -0.1) is 0 Å². The van der Waals surface area contributed by atoms with Crippen LogP contribution in [0.15, 0.2) is 35.7 Å². The Morgan fingerprint density at radius 2 is 1.96 bits per heavy atom. The molecule has 0 saturated carbocycles. The highest BCUT2D eigenvalue weighted by atomic mass is 32.2.